The summed E-state index contributed by atoms with van der Waals surface area (Å²) >= 11 is 0. The minimum absolute atomic E-state index is 0.106. The Kier molecular flexibility index (Phi) is 73.7. The van der Waals surface area contributed by atoms with Crippen LogP contribution in [0.1, 0.15) is 447 Å². The highest BCUT2D eigenvalue weighted by molar-refractivity contribution is 7.47. The van der Waals surface area contributed by atoms with E-state index in [1.54, 1.807) is 0 Å². The molecule has 0 aliphatic heterocycles. The Morgan fingerprint density at radius 2 is 0.462 bits per heavy atom. The third-order valence-corrected chi connectivity index (χ3v) is 22.9. The molecule has 0 aromatic rings. The number of rotatable bonds is 83. The Balaban J connectivity index is 5.25. The second kappa shape index (κ2) is 75.1. The molecule has 5 unspecified atom stereocenters. The van der Waals surface area contributed by atoms with Gasteiger partial charge < -0.3 is 33.8 Å². The van der Waals surface area contributed by atoms with Crippen LogP contribution in [0.3, 0.4) is 0 Å². The first kappa shape index (κ1) is 102. The van der Waals surface area contributed by atoms with Crippen LogP contribution in [-0.2, 0) is 65.4 Å². The van der Waals surface area contributed by atoms with Crippen LogP contribution < -0.4 is 0 Å². The smallest absolute Gasteiger partial charge is 0.462 e. The lowest BCUT2D eigenvalue weighted by molar-refractivity contribution is -0.161. The molecule has 3 N–H and O–H groups in total. The van der Waals surface area contributed by atoms with E-state index in [-0.39, 0.29) is 25.7 Å². The van der Waals surface area contributed by atoms with Gasteiger partial charge in [-0.05, 0) is 43.4 Å². The van der Waals surface area contributed by atoms with Crippen LogP contribution in [0.4, 0.5) is 0 Å². The minimum Gasteiger partial charge on any atom is -0.462 e. The molecule has 0 spiro atoms. The van der Waals surface area contributed by atoms with Gasteiger partial charge in [-0.3, -0.25) is 37.3 Å². The predicted molar refractivity (Wildman–Crippen MR) is 428 cm³/mol. The van der Waals surface area contributed by atoms with Crippen LogP contribution in [0.2, 0.25) is 0 Å². The van der Waals surface area contributed by atoms with Crippen molar-refractivity contribution in [3.05, 3.63) is 0 Å². The fraction of sp³-hybridized carbons (Fsp3) is 0.953. The quantitative estimate of drug-likeness (QED) is 0.0222. The molecule has 0 aliphatic rings. The standard InChI is InChI=1S/C85H166O17P2/c1-8-12-13-14-15-16-17-18-19-25-28-31-37-45-52-59-66-82(87)95-72-80(101-84(89)68-61-54-47-38-32-29-26-23-21-20-22-24-27-30-35-42-49-56-63-76(5)9-2)74-99-103(91,92)97-70-79(86)71-98-104(93,94)100-75-81(73-96-83(88)67-60-53-46-41-40-44-51-58-65-78(7)11-4)102-85(90)69-62-55-48-39-34-33-36-43-50-57-64-77(6)10-3/h76-81,86H,8-75H2,1-7H3,(H,91,92)(H,93,94)/t76?,77?,78?,79-,80-,81-/m1/s1. The summed E-state index contributed by atoms with van der Waals surface area (Å²) in [5, 5.41) is 10.7. The SMILES string of the molecule is CCCCCCCCCCCCCCCCCCC(=O)OC[C@H](COP(=O)(O)OC[C@@H](O)COP(=O)(O)OC[C@@H](COC(=O)CCCCCCCCCCC(C)CC)OC(=O)CCCCCCCCCCCCC(C)CC)OC(=O)CCCCCCCCCCCCCCCCCCCCC(C)CC. The summed E-state index contributed by atoms with van der Waals surface area (Å²) in [6.07, 6.45) is 65.1. The highest BCUT2D eigenvalue weighted by Crippen LogP contribution is 2.45. The number of phosphoric acid groups is 2. The van der Waals surface area contributed by atoms with Crippen LogP contribution in [0.5, 0.6) is 0 Å². The molecule has 0 heterocycles. The van der Waals surface area contributed by atoms with Gasteiger partial charge in [0.1, 0.15) is 19.3 Å². The number of carbonyl (C=O) groups is 4. The van der Waals surface area contributed by atoms with Crippen LogP contribution in [0, 0.1) is 17.8 Å². The number of aliphatic hydroxyl groups excluding tert-OH is 1. The highest BCUT2D eigenvalue weighted by atomic mass is 31.2. The van der Waals surface area contributed by atoms with Gasteiger partial charge in [0.25, 0.3) is 0 Å². The number of ether oxygens (including phenoxy) is 4. The van der Waals surface area contributed by atoms with Crippen molar-refractivity contribution in [2.45, 2.75) is 465 Å². The van der Waals surface area contributed by atoms with Gasteiger partial charge in [-0.15, -0.1) is 0 Å². The molecule has 0 aliphatic carbocycles. The predicted octanol–water partition coefficient (Wildman–Crippen LogP) is 25.7. The average molecular weight is 1520 g/mol. The topological polar surface area (TPSA) is 237 Å². The highest BCUT2D eigenvalue weighted by Gasteiger charge is 2.30. The number of unbranched alkanes of at least 4 members (excludes halogenated alkanes) is 48. The van der Waals surface area contributed by atoms with E-state index in [1.165, 1.54) is 257 Å². The lowest BCUT2D eigenvalue weighted by Gasteiger charge is -2.21. The third kappa shape index (κ3) is 74.2. The molecule has 618 valence electrons. The molecule has 104 heavy (non-hydrogen) atoms. The molecule has 19 heteroatoms. The van der Waals surface area contributed by atoms with Crippen molar-refractivity contribution in [1.82, 2.24) is 0 Å². The van der Waals surface area contributed by atoms with E-state index in [2.05, 4.69) is 48.5 Å². The summed E-state index contributed by atoms with van der Waals surface area (Å²) in [7, 11) is -9.93. The summed E-state index contributed by atoms with van der Waals surface area (Å²) in [4.78, 5) is 73.2. The van der Waals surface area contributed by atoms with E-state index >= 15 is 0 Å². The van der Waals surface area contributed by atoms with Gasteiger partial charge in [0, 0.05) is 25.7 Å². The van der Waals surface area contributed by atoms with Gasteiger partial charge in [0.05, 0.1) is 26.4 Å². The fourth-order valence-corrected chi connectivity index (χ4v) is 14.7. The van der Waals surface area contributed by atoms with Crippen molar-refractivity contribution in [3.8, 4) is 0 Å². The summed E-state index contributed by atoms with van der Waals surface area (Å²) < 4.78 is 68.9. The van der Waals surface area contributed by atoms with Gasteiger partial charge in [-0.25, -0.2) is 9.13 Å². The molecule has 0 aromatic carbocycles. The zero-order valence-electron chi connectivity index (χ0n) is 68.5. The van der Waals surface area contributed by atoms with Crippen molar-refractivity contribution < 1.29 is 80.2 Å². The number of aliphatic hydroxyl groups is 1. The van der Waals surface area contributed by atoms with Gasteiger partial charge in [0.2, 0.25) is 0 Å². The first-order valence-electron chi connectivity index (χ1n) is 44.0. The molecule has 0 saturated heterocycles. The van der Waals surface area contributed by atoms with Crippen LogP contribution in [0.25, 0.3) is 0 Å². The Morgan fingerprint density at radius 1 is 0.269 bits per heavy atom. The monoisotopic (exact) mass is 1520 g/mol. The maximum Gasteiger partial charge on any atom is 0.472 e. The molecule has 0 fully saturated rings. The van der Waals surface area contributed by atoms with Crippen molar-refractivity contribution in [2.24, 2.45) is 17.8 Å². The zero-order valence-corrected chi connectivity index (χ0v) is 70.3. The molecular weight excluding hydrogens is 1350 g/mol. The van der Waals surface area contributed by atoms with E-state index in [1.807, 2.05) is 0 Å². The average Bonchev–Trinajstić information content (AvgIpc) is 0.907. The van der Waals surface area contributed by atoms with Crippen LogP contribution in [-0.4, -0.2) is 96.7 Å². The Morgan fingerprint density at radius 3 is 0.683 bits per heavy atom. The number of phosphoric ester groups is 2. The maximum atomic E-state index is 13.1. The fourth-order valence-electron chi connectivity index (χ4n) is 13.1. The zero-order chi connectivity index (χ0) is 76.5. The lowest BCUT2D eigenvalue weighted by Crippen LogP contribution is -2.30. The number of hydrogen-bond donors (Lipinski definition) is 3. The van der Waals surface area contributed by atoms with Crippen molar-refractivity contribution in [1.29, 1.82) is 0 Å². The number of esters is 4. The second-order valence-electron chi connectivity index (χ2n) is 31.3. The Labute approximate surface area is 638 Å². The maximum absolute atomic E-state index is 13.1. The summed E-state index contributed by atoms with van der Waals surface area (Å²) in [5.41, 5.74) is 0. The Hall–Kier alpha value is -1.94. The molecule has 0 saturated carbocycles. The molecule has 0 bridgehead atoms. The second-order valence-corrected chi connectivity index (χ2v) is 34.2. The van der Waals surface area contributed by atoms with Crippen LogP contribution >= 0.6 is 15.6 Å². The summed E-state index contributed by atoms with van der Waals surface area (Å²) in [6, 6.07) is 0. The number of hydrogen-bond acceptors (Lipinski definition) is 15. The minimum atomic E-state index is -4.97. The third-order valence-electron chi connectivity index (χ3n) is 21.0. The summed E-state index contributed by atoms with van der Waals surface area (Å²) in [5.74, 6) is 0.346. The van der Waals surface area contributed by atoms with Gasteiger partial charge in [-0.1, -0.05) is 395 Å². The number of carbonyl (C=O) groups excluding carboxylic acids is 4. The first-order chi connectivity index (χ1) is 50.3. The van der Waals surface area contributed by atoms with E-state index in [0.29, 0.717) is 25.7 Å². The normalized spacial score (nSPS) is 14.7. The van der Waals surface area contributed by atoms with Crippen molar-refractivity contribution >= 4 is 39.5 Å². The van der Waals surface area contributed by atoms with Crippen molar-refractivity contribution in [3.63, 3.8) is 0 Å². The van der Waals surface area contributed by atoms with E-state index in [9.17, 15) is 43.2 Å². The van der Waals surface area contributed by atoms with Gasteiger partial charge >= 0.3 is 39.5 Å². The van der Waals surface area contributed by atoms with Crippen molar-refractivity contribution in [2.75, 3.05) is 39.6 Å². The Bertz CT molecular complexity index is 2010. The van der Waals surface area contributed by atoms with Gasteiger partial charge in [-0.2, -0.15) is 0 Å². The van der Waals surface area contributed by atoms with E-state index in [0.717, 1.165) is 108 Å². The first-order valence-corrected chi connectivity index (χ1v) is 47.0. The van der Waals surface area contributed by atoms with Crippen LogP contribution in [0.15, 0.2) is 0 Å². The molecule has 0 radical (unpaired) electrons. The molecule has 17 nitrogen and oxygen atoms in total. The molecule has 0 aromatic heterocycles. The largest absolute Gasteiger partial charge is 0.472 e. The molecule has 0 rings (SSSR count). The molecule has 8 atom stereocenters. The van der Waals surface area contributed by atoms with E-state index < -0.39 is 97.5 Å². The lowest BCUT2D eigenvalue weighted by atomic mass is 9.99. The van der Waals surface area contributed by atoms with E-state index in [4.69, 9.17) is 37.0 Å². The molecular formula is C85H166O17P2. The summed E-state index contributed by atoms with van der Waals surface area (Å²) in [6.45, 7) is 12.1. The van der Waals surface area contributed by atoms with Gasteiger partial charge in [0.15, 0.2) is 12.2 Å². The molecule has 0 amide bonds.